The number of amides is 17. The Morgan fingerprint density at radius 2 is 0.832 bits per heavy atom. The molecule has 1 fully saturated rings. The summed E-state index contributed by atoms with van der Waals surface area (Å²) in [7, 11) is 0. The van der Waals surface area contributed by atoms with Crippen molar-refractivity contribution in [1.29, 1.82) is 5.41 Å². The van der Waals surface area contributed by atoms with Crippen LogP contribution in [-0.2, 0) is 118 Å². The first-order valence-electron chi connectivity index (χ1n) is 44.7. The first-order chi connectivity index (χ1) is 64.3. The van der Waals surface area contributed by atoms with Crippen LogP contribution >= 0.6 is 0 Å². The minimum atomic E-state index is -2.06. The number of carboxylic acids is 5. The Balaban J connectivity index is 1.87. The maximum absolute atomic E-state index is 14.7. The summed E-state index contributed by atoms with van der Waals surface area (Å²) in [5.41, 5.74) is 23.5. The van der Waals surface area contributed by atoms with Gasteiger partial charge in [-0.05, 0) is 135 Å². The number of rotatable bonds is 65. The Bertz CT molecular complexity index is 4480. The summed E-state index contributed by atoms with van der Waals surface area (Å²) in [6.07, 6.45) is -3.53. The number of nitrogens with zero attached hydrogens (tertiary/aromatic N) is 3. The van der Waals surface area contributed by atoms with Gasteiger partial charge in [0.25, 0.3) is 0 Å². The van der Waals surface area contributed by atoms with Crippen LogP contribution < -0.4 is 108 Å². The molecule has 1 saturated heterocycles. The van der Waals surface area contributed by atoms with Crippen LogP contribution in [0.5, 0.6) is 0 Å². The molecule has 0 spiro atoms. The predicted octanol–water partition coefficient (Wildman–Crippen LogP) is -8.49. The molecule has 3 rings (SSSR count). The molecule has 33 N–H and O–H groups in total. The van der Waals surface area contributed by atoms with Gasteiger partial charge in [0.15, 0.2) is 5.96 Å². The van der Waals surface area contributed by atoms with Gasteiger partial charge in [-0.1, -0.05) is 41.5 Å². The summed E-state index contributed by atoms with van der Waals surface area (Å²) in [5.74, 6) is -27.0. The molecule has 137 heavy (non-hydrogen) atoms. The highest BCUT2D eigenvalue weighted by Crippen LogP contribution is 2.21. The third-order valence-electron chi connectivity index (χ3n) is 21.1. The zero-order valence-corrected chi connectivity index (χ0v) is 77.8. The molecule has 1 aliphatic heterocycles. The Morgan fingerprint density at radius 3 is 1.28 bits per heavy atom. The number of hydrogen-bond acceptors (Lipinski definition) is 28. The van der Waals surface area contributed by atoms with E-state index in [9.17, 15) is 136 Å². The average molecular weight is 1940 g/mol. The van der Waals surface area contributed by atoms with Crippen molar-refractivity contribution in [3.63, 3.8) is 0 Å². The van der Waals surface area contributed by atoms with Gasteiger partial charge in [0.05, 0.1) is 37.8 Å². The van der Waals surface area contributed by atoms with Crippen molar-refractivity contribution in [2.24, 2.45) is 40.7 Å². The molecule has 54 heteroatoms. The zero-order valence-electron chi connectivity index (χ0n) is 77.8. The number of nitrogens with two attached hydrogens (primary N) is 4. The van der Waals surface area contributed by atoms with Crippen LogP contribution in [0.25, 0.3) is 0 Å². The lowest BCUT2D eigenvalue weighted by molar-refractivity contribution is -0.144. The number of hydrogen-bond donors (Lipinski definition) is 29. The Kier molecular flexibility index (Phi) is 50.9. The highest BCUT2D eigenvalue weighted by Gasteiger charge is 2.42. The van der Waals surface area contributed by atoms with Gasteiger partial charge in [0.1, 0.15) is 90.6 Å². The number of imidazole rings is 2. The van der Waals surface area contributed by atoms with Crippen LogP contribution in [0.2, 0.25) is 0 Å². The second-order valence-corrected chi connectivity index (χ2v) is 34.4. The lowest BCUT2D eigenvalue weighted by Gasteiger charge is -2.30. The Hall–Kier alpha value is -14.1. The number of aromatic amines is 2. The normalized spacial score (nSPS) is 15.8. The first-order valence-corrected chi connectivity index (χ1v) is 44.7. The molecule has 0 aliphatic carbocycles. The fourth-order valence-electron chi connectivity index (χ4n) is 14.0. The van der Waals surface area contributed by atoms with E-state index in [-0.39, 0.29) is 114 Å². The van der Waals surface area contributed by atoms with Crippen molar-refractivity contribution in [2.75, 3.05) is 26.2 Å². The smallest absolute Gasteiger partial charge is 0.326 e. The van der Waals surface area contributed by atoms with Crippen molar-refractivity contribution in [2.45, 2.75) is 300 Å². The molecule has 2 aromatic rings. The lowest BCUT2D eigenvalue weighted by atomic mass is 10.0. The fraction of sp³-hybridized carbons (Fsp3) is 0.651. The third kappa shape index (κ3) is 44.3. The number of primary amides is 1. The zero-order chi connectivity index (χ0) is 103. The van der Waals surface area contributed by atoms with Crippen LogP contribution in [0, 0.1) is 23.2 Å². The molecular formula is C83H134N26O28. The number of aliphatic carboxylic acids is 5. The highest BCUT2D eigenvalue weighted by atomic mass is 16.4. The van der Waals surface area contributed by atoms with Crippen LogP contribution in [0.4, 0.5) is 0 Å². The summed E-state index contributed by atoms with van der Waals surface area (Å²) >= 11 is 0. The fourth-order valence-corrected chi connectivity index (χ4v) is 14.0. The van der Waals surface area contributed by atoms with Crippen LogP contribution in [0.3, 0.4) is 0 Å². The second kappa shape index (κ2) is 59.6. The van der Waals surface area contributed by atoms with Gasteiger partial charge in [0, 0.05) is 75.4 Å². The number of guanidine groups is 1. The maximum Gasteiger partial charge on any atom is 0.326 e. The largest absolute Gasteiger partial charge is 0.481 e. The molecule has 0 saturated carbocycles. The second-order valence-electron chi connectivity index (χ2n) is 34.4. The number of nitrogens with one attached hydrogen (secondary N) is 19. The number of aliphatic hydroxyl groups excluding tert-OH is 1. The summed E-state index contributed by atoms with van der Waals surface area (Å²) in [6.45, 7) is 12.7. The molecule has 17 amide bonds. The minimum Gasteiger partial charge on any atom is -0.481 e. The van der Waals surface area contributed by atoms with Gasteiger partial charge in [-0.25, -0.2) is 14.8 Å². The molecule has 17 atom stereocenters. The van der Waals surface area contributed by atoms with Gasteiger partial charge >= 0.3 is 29.8 Å². The van der Waals surface area contributed by atoms with E-state index >= 15 is 0 Å². The topological polar surface area (TPSA) is 878 Å². The average Bonchev–Trinajstić information content (AvgIpc) is 1.70. The van der Waals surface area contributed by atoms with Crippen molar-refractivity contribution in [1.82, 2.24) is 110 Å². The highest BCUT2D eigenvalue weighted by molar-refractivity contribution is 6.02. The number of aliphatic hydroxyl groups is 1. The molecule has 1 aliphatic rings. The number of carbonyl (C=O) groups excluding carboxylic acids is 17. The SMILES string of the molecule is CC(C)C[C@H](NC(=O)[C@H](CC(=O)O)NC(=O)[C@H](CCC(=O)O)NC(=O)[C@@H](NC(=O)[C@H](C)NC(=O)[C@H](CCC(=O)O)NC(=O)[C@H](CCCNC(=N)N)NC(=O)[C@H](Cc1cnc[nH]1)NC(=O)[C@@H]1CCCN1C(=O)[C@H](C)NC(=O)[C@H](CCCCN)NC(=O)CNC(=O)[C@H](CCC(N)=O)NC(=O)[C@H](CCC(=O)O)NC(=O)[C@H](CC(C)C)NC(=O)[C@H](Cc1cnc[nH]1)NC(=O)[C@@H](N)CC(C)C)[C@@H](C)O)C(=O)O. The van der Waals surface area contributed by atoms with Gasteiger partial charge in [-0.2, -0.15) is 0 Å². The number of carboxylic acid groups (broad SMARTS) is 5. The van der Waals surface area contributed by atoms with Gasteiger partial charge in [0.2, 0.25) is 100 Å². The molecule has 3 heterocycles. The Morgan fingerprint density at radius 1 is 0.431 bits per heavy atom. The van der Waals surface area contributed by atoms with E-state index in [2.05, 4.69) is 105 Å². The maximum atomic E-state index is 14.7. The van der Waals surface area contributed by atoms with Gasteiger partial charge < -0.3 is 154 Å². The van der Waals surface area contributed by atoms with Gasteiger partial charge in [-0.3, -0.25) is 106 Å². The monoisotopic (exact) mass is 1940 g/mol. The number of carbonyl (C=O) groups is 22. The molecule has 54 nitrogen and oxygen atoms in total. The van der Waals surface area contributed by atoms with E-state index < -0.39 is 303 Å². The summed E-state index contributed by atoms with van der Waals surface area (Å²) in [6, 6.07) is -26.1. The number of H-pyrrole nitrogens is 2. The lowest BCUT2D eigenvalue weighted by Crippen LogP contribution is -2.61. The van der Waals surface area contributed by atoms with Crippen molar-refractivity contribution < 1.29 is 136 Å². The summed E-state index contributed by atoms with van der Waals surface area (Å²) < 4.78 is 0. The predicted molar refractivity (Wildman–Crippen MR) is 480 cm³/mol. The quantitative estimate of drug-likeness (QED) is 0.0166. The van der Waals surface area contributed by atoms with Crippen molar-refractivity contribution >= 4 is 136 Å². The van der Waals surface area contributed by atoms with Crippen LogP contribution in [-0.4, -0.2) is 321 Å². The Labute approximate surface area is 787 Å². The third-order valence-corrected chi connectivity index (χ3v) is 21.1. The summed E-state index contributed by atoms with van der Waals surface area (Å²) in [4.78, 5) is 311. The first kappa shape index (κ1) is 117. The van der Waals surface area contributed by atoms with Crippen molar-refractivity contribution in [3.8, 4) is 0 Å². The van der Waals surface area contributed by atoms with E-state index in [0.29, 0.717) is 12.1 Å². The molecular weight excluding hydrogens is 1810 g/mol. The molecule has 0 bridgehead atoms. The van der Waals surface area contributed by atoms with Crippen LogP contribution in [0.1, 0.15) is 196 Å². The molecule has 0 aromatic carbocycles. The number of aromatic nitrogens is 4. The molecule has 0 radical (unpaired) electrons. The molecule has 2 aromatic heterocycles. The number of likely N-dealkylation sites (tertiary alicyclic amines) is 1. The standard InChI is InChI=1S/C83H134N26O28/c1-39(2)28-47(85)68(122)103-55(31-45-34-89-37-93-45)77(131)104-54(29-40(3)4)75(129)101-52(19-23-63(115)116)73(127)99-50(17-21-60(86)111)69(123)92-36-61(112)97-48(14-10-11-25-84)70(124)96-43(8)81(135)109-27-13-16-59(109)79(133)106-56(32-46-35-90-38-94-46)76(130)98-49(15-12-26-91-83(87)88)72(126)100-51(18-22-62(113)114)71(125)95-42(7)67(121)108-66(44(9)110)80(134)102-53(20-24-64(117)118)74(128)105-57(33-65(119)120)78(132)107-58(82(136)137)30-41(5)6/h34-35,37-44,47-59,66,110H,10-33,36,84-85H2,1-9H3,(H2,86,111)(H,89,93)(H,90,94)(H,92,123)(H,95,125)(H,96,124)(H,97,112)(H,98,130)(H,99,127)(H,100,126)(H,101,129)(H,102,134)(H,103,122)(H,104,131)(H,105,128)(H,106,133)(H,107,132)(H,108,121)(H,113,114)(H,115,116)(H,117,118)(H,119,120)(H,136,137)(H4,87,88,91)/t42-,43-,44+,47-,48-,49-,50-,51-,52-,53-,54-,55-,56-,57-,58-,59-,66-/m0/s1. The molecule has 764 valence electrons. The van der Waals surface area contributed by atoms with E-state index in [0.717, 1.165) is 18.7 Å². The number of unbranched alkanes of at least 4 members (excludes halogenated alkanes) is 1. The molecule has 0 unspecified atom stereocenters. The van der Waals surface area contributed by atoms with Crippen LogP contribution in [0.15, 0.2) is 25.0 Å². The van der Waals surface area contributed by atoms with E-state index in [1.54, 1.807) is 27.7 Å². The van der Waals surface area contributed by atoms with E-state index in [1.807, 2.05) is 13.8 Å². The summed E-state index contributed by atoms with van der Waals surface area (Å²) in [5, 5.41) is 105. The van der Waals surface area contributed by atoms with Crippen molar-refractivity contribution in [3.05, 3.63) is 36.4 Å². The van der Waals surface area contributed by atoms with E-state index in [4.69, 9.17) is 28.3 Å². The van der Waals surface area contributed by atoms with E-state index in [1.165, 1.54) is 32.0 Å². The van der Waals surface area contributed by atoms with Gasteiger partial charge in [-0.15, -0.1) is 0 Å². The minimum absolute atomic E-state index is 0.00534.